The van der Waals surface area contributed by atoms with Gasteiger partial charge in [0.05, 0.1) is 29.9 Å². The molecular formula is C20H19F2N5O3. The van der Waals surface area contributed by atoms with Gasteiger partial charge in [-0.15, -0.1) is 0 Å². The molecule has 0 saturated heterocycles. The number of carbonyl (C=O) groups is 1. The van der Waals surface area contributed by atoms with Gasteiger partial charge in [0.25, 0.3) is 5.91 Å². The molecule has 0 unspecified atom stereocenters. The number of anilines is 1. The van der Waals surface area contributed by atoms with Gasteiger partial charge in [-0.1, -0.05) is 0 Å². The van der Waals surface area contributed by atoms with E-state index in [1.165, 1.54) is 6.33 Å². The van der Waals surface area contributed by atoms with Crippen LogP contribution < -0.4 is 10.6 Å². The lowest BCUT2D eigenvalue weighted by atomic mass is 10.1. The number of aliphatic hydroxyl groups excluding tert-OH is 2. The molecule has 4 N–H and O–H groups in total. The van der Waals surface area contributed by atoms with Gasteiger partial charge in [0, 0.05) is 12.1 Å². The third-order valence-corrected chi connectivity index (χ3v) is 6.02. The number of carbonyl (C=O) groups excluding carboxylic acids is 1. The van der Waals surface area contributed by atoms with Crippen molar-refractivity contribution in [1.29, 1.82) is 0 Å². The van der Waals surface area contributed by atoms with E-state index in [9.17, 15) is 23.8 Å². The summed E-state index contributed by atoms with van der Waals surface area (Å²) in [6.45, 7) is -0.0178. The molecule has 1 aromatic carbocycles. The number of aromatic nitrogens is 2. The normalized spacial score (nSPS) is 28.5. The van der Waals surface area contributed by atoms with Crippen LogP contribution in [-0.4, -0.2) is 50.0 Å². The van der Waals surface area contributed by atoms with Gasteiger partial charge in [-0.2, -0.15) is 0 Å². The molecule has 0 spiro atoms. The van der Waals surface area contributed by atoms with Gasteiger partial charge < -0.3 is 20.8 Å². The van der Waals surface area contributed by atoms with Crippen molar-refractivity contribution in [3.8, 4) is 0 Å². The summed E-state index contributed by atoms with van der Waals surface area (Å²) in [6, 6.07) is 2.65. The van der Waals surface area contributed by atoms with Crippen LogP contribution in [0.15, 0.2) is 29.5 Å². The van der Waals surface area contributed by atoms with Gasteiger partial charge in [-0.3, -0.25) is 9.79 Å². The minimum absolute atomic E-state index is 0.0210. The quantitative estimate of drug-likeness (QED) is 0.566. The molecule has 2 saturated carbocycles. The van der Waals surface area contributed by atoms with E-state index in [4.69, 9.17) is 0 Å². The molecule has 10 heteroatoms. The number of rotatable bonds is 5. The molecule has 1 aliphatic heterocycles. The maximum absolute atomic E-state index is 13.8. The highest BCUT2D eigenvalue weighted by Crippen LogP contribution is 2.52. The molecule has 5 atom stereocenters. The average molecular weight is 415 g/mol. The number of amides is 1. The summed E-state index contributed by atoms with van der Waals surface area (Å²) in [5, 5.41) is 26.0. The molecule has 2 fully saturated rings. The van der Waals surface area contributed by atoms with Gasteiger partial charge >= 0.3 is 0 Å². The van der Waals surface area contributed by atoms with Crippen molar-refractivity contribution in [2.45, 2.75) is 37.8 Å². The predicted octanol–water partition coefficient (Wildman–Crippen LogP) is 0.526. The van der Waals surface area contributed by atoms with Crippen LogP contribution in [0.1, 0.15) is 23.2 Å². The minimum atomic E-state index is -0.925. The van der Waals surface area contributed by atoms with Crippen LogP contribution in [0, 0.1) is 23.5 Å². The predicted molar refractivity (Wildman–Crippen MR) is 101 cm³/mol. The lowest BCUT2D eigenvalue weighted by molar-refractivity contribution is -0.114. The zero-order valence-corrected chi connectivity index (χ0v) is 15.7. The van der Waals surface area contributed by atoms with Crippen LogP contribution in [0.2, 0.25) is 0 Å². The standard InChI is InChI=1S/C20H19F2N5O3/c21-9-1-2-12(22)8(3-9)5-24-20(30)16-14-13(6-23-16)25-7-26-19(14)27-15-10-4-11(10)17(28)18(15)29/h1-3,7,10-11,15,17-18,28-29H,4-6H2,(H,24,30)(H,25,26,27)/t10-,11+,15+,17+,18-/m0/s1. The summed E-state index contributed by atoms with van der Waals surface area (Å²) in [7, 11) is 0. The molecule has 2 aliphatic carbocycles. The second-order valence-corrected chi connectivity index (χ2v) is 7.84. The fourth-order valence-electron chi connectivity index (χ4n) is 4.37. The smallest absolute Gasteiger partial charge is 0.270 e. The van der Waals surface area contributed by atoms with Crippen molar-refractivity contribution >= 4 is 17.4 Å². The number of halogens is 2. The molecule has 2 heterocycles. The Kier molecular flexibility index (Phi) is 4.48. The van der Waals surface area contributed by atoms with Crippen LogP contribution in [-0.2, 0) is 17.9 Å². The number of nitrogens with one attached hydrogen (secondary N) is 2. The molecule has 30 heavy (non-hydrogen) atoms. The summed E-state index contributed by atoms with van der Waals surface area (Å²) in [5.74, 6) is -1.21. The van der Waals surface area contributed by atoms with Crippen LogP contribution in [0.25, 0.3) is 0 Å². The number of aliphatic hydroxyl groups is 2. The average Bonchev–Trinajstić information content (AvgIpc) is 3.34. The summed E-state index contributed by atoms with van der Waals surface area (Å²) >= 11 is 0. The first-order valence-corrected chi connectivity index (χ1v) is 9.67. The number of aliphatic imine (C=N–C) groups is 1. The fraction of sp³-hybridized carbons (Fsp3) is 0.400. The van der Waals surface area contributed by atoms with Crippen molar-refractivity contribution in [3.63, 3.8) is 0 Å². The molecule has 2 aromatic rings. The third kappa shape index (κ3) is 3.12. The van der Waals surface area contributed by atoms with Gasteiger partial charge in [-0.25, -0.2) is 18.7 Å². The van der Waals surface area contributed by atoms with E-state index in [1.54, 1.807) is 0 Å². The first-order chi connectivity index (χ1) is 14.4. The largest absolute Gasteiger partial charge is 0.390 e. The van der Waals surface area contributed by atoms with E-state index in [2.05, 4.69) is 25.6 Å². The van der Waals surface area contributed by atoms with Crippen molar-refractivity contribution in [3.05, 3.63) is 53.0 Å². The first kappa shape index (κ1) is 19.0. The lowest BCUT2D eigenvalue weighted by Crippen LogP contribution is -2.39. The van der Waals surface area contributed by atoms with Crippen LogP contribution in [0.4, 0.5) is 14.6 Å². The molecular weight excluding hydrogens is 396 g/mol. The SMILES string of the molecule is O=C(NCc1cc(F)ccc1F)C1=NCc2ncnc(N[C@H]3[C@H](O)[C@H](O)[C@@H]4C[C@@H]43)c21. The van der Waals surface area contributed by atoms with Gasteiger partial charge in [0.2, 0.25) is 0 Å². The fourth-order valence-corrected chi connectivity index (χ4v) is 4.37. The van der Waals surface area contributed by atoms with E-state index < -0.39 is 29.7 Å². The van der Waals surface area contributed by atoms with Crippen molar-refractivity contribution < 1.29 is 23.8 Å². The van der Waals surface area contributed by atoms with Crippen molar-refractivity contribution in [2.75, 3.05) is 5.32 Å². The van der Waals surface area contributed by atoms with E-state index in [0.717, 1.165) is 24.6 Å². The highest BCUT2D eigenvalue weighted by atomic mass is 19.1. The summed E-state index contributed by atoms with van der Waals surface area (Å²) in [4.78, 5) is 25.3. The van der Waals surface area contributed by atoms with Gasteiger partial charge in [0.15, 0.2) is 0 Å². The second-order valence-electron chi connectivity index (χ2n) is 7.84. The van der Waals surface area contributed by atoms with Crippen LogP contribution in [0.5, 0.6) is 0 Å². The molecule has 8 nitrogen and oxygen atoms in total. The van der Waals surface area contributed by atoms with E-state index >= 15 is 0 Å². The minimum Gasteiger partial charge on any atom is -0.390 e. The van der Waals surface area contributed by atoms with Crippen LogP contribution in [0.3, 0.4) is 0 Å². The molecule has 1 aromatic heterocycles. The van der Waals surface area contributed by atoms with E-state index in [1.807, 2.05) is 0 Å². The number of fused-ring (bicyclic) bond motifs is 2. The van der Waals surface area contributed by atoms with Crippen molar-refractivity contribution in [2.24, 2.45) is 16.8 Å². The first-order valence-electron chi connectivity index (χ1n) is 9.67. The Morgan fingerprint density at radius 2 is 2.00 bits per heavy atom. The highest BCUT2D eigenvalue weighted by molar-refractivity contribution is 6.47. The van der Waals surface area contributed by atoms with Crippen LogP contribution >= 0.6 is 0 Å². The molecule has 0 bridgehead atoms. The van der Waals surface area contributed by atoms with Gasteiger partial charge in [-0.05, 0) is 36.5 Å². The monoisotopic (exact) mass is 415 g/mol. The maximum atomic E-state index is 13.8. The molecule has 5 rings (SSSR count). The summed E-state index contributed by atoms with van der Waals surface area (Å²) < 4.78 is 27.2. The maximum Gasteiger partial charge on any atom is 0.270 e. The molecule has 3 aliphatic rings. The molecule has 1 amide bonds. The second kappa shape index (κ2) is 7.06. The Hall–Kier alpha value is -2.98. The van der Waals surface area contributed by atoms with E-state index in [-0.39, 0.29) is 42.2 Å². The Morgan fingerprint density at radius 1 is 1.17 bits per heavy atom. The Labute approximate surface area is 170 Å². The third-order valence-electron chi connectivity index (χ3n) is 6.02. The number of hydrogen-bond donors (Lipinski definition) is 4. The zero-order valence-electron chi connectivity index (χ0n) is 15.7. The highest BCUT2D eigenvalue weighted by Gasteiger charge is 2.59. The number of hydrogen-bond acceptors (Lipinski definition) is 7. The Morgan fingerprint density at radius 3 is 2.77 bits per heavy atom. The van der Waals surface area contributed by atoms with Gasteiger partial charge in [0.1, 0.15) is 35.6 Å². The number of benzene rings is 1. The van der Waals surface area contributed by atoms with E-state index in [0.29, 0.717) is 17.1 Å². The Bertz CT molecular complexity index is 1060. The zero-order chi connectivity index (χ0) is 21.0. The lowest BCUT2D eigenvalue weighted by Gasteiger charge is -2.23. The molecule has 156 valence electrons. The molecule has 0 radical (unpaired) electrons. The topological polar surface area (TPSA) is 120 Å². The summed E-state index contributed by atoms with van der Waals surface area (Å²) in [5.41, 5.74) is 1.08. The number of nitrogens with zero attached hydrogens (tertiary/aromatic N) is 3. The summed E-state index contributed by atoms with van der Waals surface area (Å²) in [6.07, 6.45) is 0.469. The Balaban J connectivity index is 1.35. The van der Waals surface area contributed by atoms with Crippen molar-refractivity contribution in [1.82, 2.24) is 15.3 Å².